The molecule has 0 aliphatic carbocycles. The van der Waals surface area contributed by atoms with Crippen LogP contribution in [0.3, 0.4) is 0 Å². The molecule has 5 nitrogen and oxygen atoms in total. The number of thiophene rings is 1. The van der Waals surface area contributed by atoms with Crippen LogP contribution in [-0.4, -0.2) is 31.2 Å². The zero-order valence-electron chi connectivity index (χ0n) is 14.3. The zero-order valence-corrected chi connectivity index (χ0v) is 15.1. The van der Waals surface area contributed by atoms with Gasteiger partial charge in [-0.2, -0.15) is 0 Å². The van der Waals surface area contributed by atoms with Crippen LogP contribution >= 0.6 is 11.3 Å². The largest absolute Gasteiger partial charge is 0.493 e. The average molecular weight is 350 g/mol. The highest BCUT2D eigenvalue weighted by atomic mass is 32.1. The molecule has 0 saturated heterocycles. The summed E-state index contributed by atoms with van der Waals surface area (Å²) in [5.74, 6) is 1.70. The minimum atomic E-state index is 0.0209. The molecule has 132 valence electrons. The maximum Gasteiger partial charge on any atom is 0.226 e. The van der Waals surface area contributed by atoms with Crippen molar-refractivity contribution in [3.8, 4) is 5.75 Å². The van der Waals surface area contributed by atoms with Crippen LogP contribution in [0.2, 0.25) is 0 Å². The lowest BCUT2D eigenvalue weighted by molar-refractivity contribution is 0.100. The van der Waals surface area contributed by atoms with Crippen molar-refractivity contribution >= 4 is 17.2 Å². The lowest BCUT2D eigenvalue weighted by Crippen LogP contribution is -2.35. The Labute approximate surface area is 147 Å². The van der Waals surface area contributed by atoms with Crippen LogP contribution in [0.1, 0.15) is 50.3 Å². The summed E-state index contributed by atoms with van der Waals surface area (Å²) in [5, 5.41) is 2.03. The Morgan fingerprint density at radius 2 is 2.17 bits per heavy atom. The molecule has 3 heterocycles. The lowest BCUT2D eigenvalue weighted by atomic mass is 9.95. The fraction of sp³-hybridized carbons (Fsp3) is 0.611. The van der Waals surface area contributed by atoms with Crippen molar-refractivity contribution < 1.29 is 14.3 Å². The normalized spacial score (nSPS) is 22.3. The topological polar surface area (TPSA) is 52.1 Å². The quantitative estimate of drug-likeness (QED) is 0.647. The summed E-state index contributed by atoms with van der Waals surface area (Å²) in [7, 11) is 0. The van der Waals surface area contributed by atoms with E-state index < -0.39 is 0 Å². The minimum Gasteiger partial charge on any atom is -0.493 e. The SMILES string of the molecule is CC1(CCCCCCCOc2csc(C3=NCCO3)c2)C=CON1. The van der Waals surface area contributed by atoms with Crippen LogP contribution in [0, 0.1) is 0 Å². The molecular weight excluding hydrogens is 324 g/mol. The molecule has 0 radical (unpaired) electrons. The number of aliphatic imine (C=N–C) groups is 1. The third-order valence-electron chi connectivity index (χ3n) is 4.28. The Morgan fingerprint density at radius 3 is 2.96 bits per heavy atom. The summed E-state index contributed by atoms with van der Waals surface area (Å²) < 4.78 is 11.3. The highest BCUT2D eigenvalue weighted by Gasteiger charge is 2.24. The second kappa shape index (κ2) is 8.53. The number of ether oxygens (including phenoxy) is 2. The molecular formula is C18H26N2O3S. The zero-order chi connectivity index (χ0) is 16.7. The monoisotopic (exact) mass is 350 g/mol. The summed E-state index contributed by atoms with van der Waals surface area (Å²) in [4.78, 5) is 10.5. The van der Waals surface area contributed by atoms with E-state index in [0.29, 0.717) is 6.61 Å². The standard InChI is InChI=1S/C18H26N2O3S/c1-18(8-11-23-20-18)7-5-3-2-4-6-10-21-15-13-16(24-14-15)17-19-9-12-22-17/h8,11,13-14,20H,2-7,9-10,12H2,1H3. The van der Waals surface area contributed by atoms with E-state index in [-0.39, 0.29) is 5.54 Å². The molecule has 2 aliphatic rings. The molecule has 1 N–H and O–H groups in total. The molecule has 24 heavy (non-hydrogen) atoms. The van der Waals surface area contributed by atoms with E-state index in [1.807, 2.05) is 11.4 Å². The third kappa shape index (κ3) is 4.98. The number of hydroxylamine groups is 1. The van der Waals surface area contributed by atoms with Crippen molar-refractivity contribution in [2.75, 3.05) is 19.8 Å². The molecule has 1 aromatic rings. The molecule has 6 heteroatoms. The number of nitrogens with zero attached hydrogens (tertiary/aromatic N) is 1. The molecule has 0 spiro atoms. The second-order valence-corrected chi connectivity index (χ2v) is 7.40. The van der Waals surface area contributed by atoms with Crippen molar-refractivity contribution in [3.05, 3.63) is 28.7 Å². The van der Waals surface area contributed by atoms with E-state index in [0.717, 1.165) is 42.5 Å². The molecule has 1 aromatic heterocycles. The summed E-state index contributed by atoms with van der Waals surface area (Å²) in [6, 6.07) is 2.03. The Bertz CT molecular complexity index is 585. The van der Waals surface area contributed by atoms with Gasteiger partial charge in [0.05, 0.1) is 23.6 Å². The predicted molar refractivity (Wildman–Crippen MR) is 96.6 cm³/mol. The Kier molecular flexibility index (Phi) is 6.15. The Balaban J connectivity index is 1.22. The van der Waals surface area contributed by atoms with Gasteiger partial charge in [-0.05, 0) is 25.8 Å². The molecule has 0 aromatic carbocycles. The third-order valence-corrected chi connectivity index (χ3v) is 5.17. The summed E-state index contributed by atoms with van der Waals surface area (Å²) in [6.07, 6.45) is 11.0. The van der Waals surface area contributed by atoms with Crippen LogP contribution in [-0.2, 0) is 9.57 Å². The number of nitrogens with one attached hydrogen (secondary N) is 1. The van der Waals surface area contributed by atoms with Gasteiger partial charge >= 0.3 is 0 Å². The van der Waals surface area contributed by atoms with E-state index in [1.165, 1.54) is 25.7 Å². The smallest absolute Gasteiger partial charge is 0.226 e. The first-order valence-corrected chi connectivity index (χ1v) is 9.63. The maximum atomic E-state index is 5.81. The maximum absolute atomic E-state index is 5.81. The van der Waals surface area contributed by atoms with Gasteiger partial charge in [0.25, 0.3) is 0 Å². The molecule has 0 amide bonds. The molecule has 1 atom stereocenters. The summed E-state index contributed by atoms with van der Waals surface area (Å²) in [5.41, 5.74) is 3.06. The molecule has 3 rings (SSSR count). The van der Waals surface area contributed by atoms with Gasteiger partial charge in [0.2, 0.25) is 5.90 Å². The van der Waals surface area contributed by atoms with Crippen LogP contribution < -0.4 is 10.2 Å². The molecule has 0 fully saturated rings. The fourth-order valence-electron chi connectivity index (χ4n) is 2.83. The van der Waals surface area contributed by atoms with E-state index in [2.05, 4.69) is 23.5 Å². The van der Waals surface area contributed by atoms with Gasteiger partial charge in [0, 0.05) is 11.4 Å². The number of unbranched alkanes of at least 4 members (excludes halogenated alkanes) is 4. The molecule has 1 unspecified atom stereocenters. The number of rotatable bonds is 10. The second-order valence-electron chi connectivity index (χ2n) is 6.49. The Hall–Kier alpha value is -1.53. The van der Waals surface area contributed by atoms with Crippen molar-refractivity contribution in [2.24, 2.45) is 4.99 Å². The van der Waals surface area contributed by atoms with Crippen molar-refractivity contribution in [2.45, 2.75) is 51.0 Å². The van der Waals surface area contributed by atoms with E-state index in [4.69, 9.17) is 14.3 Å². The lowest BCUT2D eigenvalue weighted by Gasteiger charge is -2.20. The van der Waals surface area contributed by atoms with Gasteiger partial charge in [-0.1, -0.05) is 25.7 Å². The molecule has 0 bridgehead atoms. The van der Waals surface area contributed by atoms with E-state index in [9.17, 15) is 0 Å². The average Bonchev–Trinajstić information content (AvgIpc) is 3.31. The van der Waals surface area contributed by atoms with Gasteiger partial charge in [-0.3, -0.25) is 0 Å². The molecule has 0 saturated carbocycles. The van der Waals surface area contributed by atoms with Crippen molar-refractivity contribution in [1.82, 2.24) is 5.48 Å². The van der Waals surface area contributed by atoms with E-state index >= 15 is 0 Å². The first-order valence-electron chi connectivity index (χ1n) is 8.75. The van der Waals surface area contributed by atoms with Gasteiger partial charge in [0.1, 0.15) is 18.6 Å². The van der Waals surface area contributed by atoms with Gasteiger partial charge in [-0.25, -0.2) is 4.99 Å². The van der Waals surface area contributed by atoms with Crippen molar-refractivity contribution in [3.63, 3.8) is 0 Å². The highest BCUT2D eigenvalue weighted by molar-refractivity contribution is 7.12. The summed E-state index contributed by atoms with van der Waals surface area (Å²) >= 11 is 1.63. The van der Waals surface area contributed by atoms with Crippen LogP contribution in [0.25, 0.3) is 0 Å². The predicted octanol–water partition coefficient (Wildman–Crippen LogP) is 4.05. The Morgan fingerprint density at radius 1 is 1.29 bits per heavy atom. The highest BCUT2D eigenvalue weighted by Crippen LogP contribution is 2.24. The van der Waals surface area contributed by atoms with Gasteiger partial charge < -0.3 is 14.3 Å². The van der Waals surface area contributed by atoms with Gasteiger partial charge in [0.15, 0.2) is 0 Å². The van der Waals surface area contributed by atoms with Crippen molar-refractivity contribution in [1.29, 1.82) is 0 Å². The van der Waals surface area contributed by atoms with E-state index in [1.54, 1.807) is 17.6 Å². The van der Waals surface area contributed by atoms with Crippen LogP contribution in [0.4, 0.5) is 0 Å². The minimum absolute atomic E-state index is 0.0209. The summed E-state index contributed by atoms with van der Waals surface area (Å²) in [6.45, 7) is 4.41. The number of hydrogen-bond donors (Lipinski definition) is 1. The van der Waals surface area contributed by atoms with Crippen LogP contribution in [0.5, 0.6) is 5.75 Å². The first-order chi connectivity index (χ1) is 11.8. The van der Waals surface area contributed by atoms with Crippen LogP contribution in [0.15, 0.2) is 28.8 Å². The molecule has 2 aliphatic heterocycles. The first kappa shape index (κ1) is 17.3. The fourth-order valence-corrected chi connectivity index (χ4v) is 3.61. The number of hydrogen-bond acceptors (Lipinski definition) is 6. The van der Waals surface area contributed by atoms with Gasteiger partial charge in [-0.15, -0.1) is 16.8 Å².